The molecule has 6 saturated heterocycles. The largest absolute Gasteiger partial charge is 0.465 e. The lowest BCUT2D eigenvalue weighted by Crippen LogP contribution is -2.38. The highest BCUT2D eigenvalue weighted by Crippen LogP contribution is 2.46. The molecule has 8 N–H and O–H groups in total. The summed E-state index contributed by atoms with van der Waals surface area (Å²) in [5.41, 5.74) is 5.51. The zero-order valence-corrected chi connectivity index (χ0v) is 63.7. The number of hydrogen-bond acceptors (Lipinski definition) is 30. The van der Waals surface area contributed by atoms with Crippen LogP contribution in [0.3, 0.4) is 0 Å². The summed E-state index contributed by atoms with van der Waals surface area (Å²) in [5, 5.41) is 22.2. The van der Waals surface area contributed by atoms with E-state index < -0.39 is 111 Å². The number of carbonyl (C=O) groups excluding carboxylic acids is 6. The lowest BCUT2D eigenvalue weighted by Gasteiger charge is -2.21. The Kier molecular flexibility index (Phi) is 28.0. The quantitative estimate of drug-likeness (QED) is 0.0208. The van der Waals surface area contributed by atoms with Gasteiger partial charge in [0, 0.05) is 38.3 Å². The van der Waals surface area contributed by atoms with Crippen molar-refractivity contribution >= 4 is 99.1 Å². The summed E-state index contributed by atoms with van der Waals surface area (Å²) in [6.45, 7) is 13.7. The highest BCUT2D eigenvalue weighted by molar-refractivity contribution is 5.97. The van der Waals surface area contributed by atoms with Gasteiger partial charge < -0.3 is 88.2 Å². The molecular weight excluding hydrogens is 1500 g/mol. The monoisotopic (exact) mass is 1590 g/mol. The number of ether oxygens (including phenoxy) is 13. The van der Waals surface area contributed by atoms with E-state index in [1.165, 1.54) is 19.0 Å². The van der Waals surface area contributed by atoms with E-state index in [1.807, 2.05) is 136 Å². The van der Waals surface area contributed by atoms with Gasteiger partial charge in [-0.25, -0.2) is 64.0 Å². The molecule has 6 aromatic heterocycles. The number of benzene rings is 3. The molecule has 6 amide bonds. The second-order valence-corrected chi connectivity index (χ2v) is 26.1. The first-order chi connectivity index (χ1) is 56.2. The van der Waals surface area contributed by atoms with Gasteiger partial charge in [0.15, 0.2) is 88.5 Å². The fourth-order valence-corrected chi connectivity index (χ4v) is 13.5. The predicted octanol–water partition coefficient (Wildman–Crippen LogP) is 5.61. The molecular formula is C76H90N20O19. The molecule has 9 aromatic rings. The van der Waals surface area contributed by atoms with Crippen LogP contribution in [0.15, 0.2) is 141 Å². The first kappa shape index (κ1) is 81.5. The van der Waals surface area contributed by atoms with Crippen molar-refractivity contribution in [3.8, 4) is 0 Å². The molecule has 6 aliphatic rings. The normalized spacial score (nSPS) is 24.3. The van der Waals surface area contributed by atoms with E-state index in [2.05, 4.69) is 87.4 Å². The molecule has 0 radical (unpaired) electrons. The Balaban J connectivity index is 0.000000150. The number of nitrogens with zero attached hydrogens (tertiary/aromatic N) is 12. The summed E-state index contributed by atoms with van der Waals surface area (Å²) < 4.78 is 82.4. The van der Waals surface area contributed by atoms with Crippen LogP contribution in [0.4, 0.5) is 31.8 Å². The van der Waals surface area contributed by atoms with E-state index in [9.17, 15) is 28.8 Å². The number of aromatic nitrogens is 12. The van der Waals surface area contributed by atoms with Crippen molar-refractivity contribution < 1.29 is 90.3 Å². The van der Waals surface area contributed by atoms with Gasteiger partial charge in [0.25, 0.3) is 0 Å². The minimum Gasteiger partial charge on any atom is -0.465 e. The number of rotatable bonds is 29. The molecule has 6 fully saturated rings. The standard InChI is InChI=1S/C26H31N7O6.C26H30N6O7.C24H29N7O6/c1-3-28-26(35)32-23-20-24(30-14-29-23)33(15-31-20)25-22-21(17(37-25)12-27-13-18(34)36-4-2)38-19(39-22)11-10-16-8-6-5-7-9-16;1-3-27-26(34)31-23-20-24(29-14-28-23)32(15-30-20)25-22-21(17(37-25)12-35-13-18(33)36-4-2)38-19(39-22)11-10-16-8-6-5-7-9-16;1-3-26-24(33)30-20-17-21(28-12-27-20)31(13-29-17)22-19-18(15(35-22)10-25-11-16(32)34-4-2)36-23(37-19)14-8-6-5-7-9-14/h5-11,14-15,17,19,21-22,25,27H,3-4,12-13H2,1-2H3,(H2,28,29,30,32,35);5-11,14-15,17,19,21-22,25H,3-4,12-13H2,1-2H3,(H2,27,28,29,31,34);5-9,12-13,15,18-19,22-23,25H,3-4,10-11H2,1-2H3,(H2,26,27,28,30,33)/b2*11-10+;/t2*17?,19-,21?,22?,25?;15?,18?,19?,22?,23-/m000/s1. The Morgan fingerprint density at radius 3 is 1.17 bits per heavy atom. The van der Waals surface area contributed by atoms with Crippen molar-refractivity contribution in [2.45, 2.75) is 134 Å². The van der Waals surface area contributed by atoms with Crippen LogP contribution >= 0.6 is 0 Å². The first-order valence-electron chi connectivity index (χ1n) is 37.8. The molecule has 0 aliphatic carbocycles. The van der Waals surface area contributed by atoms with Crippen LogP contribution < -0.4 is 42.5 Å². The summed E-state index contributed by atoms with van der Waals surface area (Å²) in [6.07, 6.45) is 8.36. The predicted molar refractivity (Wildman–Crippen MR) is 409 cm³/mol. The fraction of sp³-hybridized carbons (Fsp3) is 0.434. The number of anilines is 3. The lowest BCUT2D eigenvalue weighted by atomic mass is 10.1. The van der Waals surface area contributed by atoms with Gasteiger partial charge in [0.1, 0.15) is 80.5 Å². The molecule has 0 saturated carbocycles. The molecule has 15 atom stereocenters. The Bertz CT molecular complexity index is 4610. The number of esters is 3. The summed E-state index contributed by atoms with van der Waals surface area (Å²) in [4.78, 5) is 111. The van der Waals surface area contributed by atoms with E-state index in [-0.39, 0.29) is 68.3 Å². The molecule has 15 rings (SSSR count). The molecule has 608 valence electrons. The smallest absolute Gasteiger partial charge is 0.332 e. The number of nitrogens with one attached hydrogen (secondary N) is 8. The second-order valence-electron chi connectivity index (χ2n) is 26.1. The Morgan fingerprint density at radius 2 is 0.765 bits per heavy atom. The van der Waals surface area contributed by atoms with E-state index in [4.69, 9.17) is 61.6 Å². The highest BCUT2D eigenvalue weighted by Gasteiger charge is 2.56. The first-order valence-corrected chi connectivity index (χ1v) is 37.8. The van der Waals surface area contributed by atoms with Crippen LogP contribution in [-0.2, 0) is 76.0 Å². The molecule has 12 unspecified atom stereocenters. The minimum atomic E-state index is -0.668. The lowest BCUT2D eigenvalue weighted by molar-refractivity contribution is -0.156. The maximum atomic E-state index is 12.1. The van der Waals surface area contributed by atoms with Crippen molar-refractivity contribution in [2.24, 2.45) is 0 Å². The number of fused-ring (bicyclic) bond motifs is 6. The molecule has 12 heterocycles. The number of carbonyl (C=O) groups is 6. The summed E-state index contributed by atoms with van der Waals surface area (Å²) in [5.74, 6) is -0.327. The zero-order valence-electron chi connectivity index (χ0n) is 63.7. The van der Waals surface area contributed by atoms with Gasteiger partial charge in [0.05, 0.1) is 58.5 Å². The zero-order chi connectivity index (χ0) is 80.2. The van der Waals surface area contributed by atoms with Crippen molar-refractivity contribution in [1.29, 1.82) is 0 Å². The van der Waals surface area contributed by atoms with Crippen LogP contribution in [-0.4, -0.2) is 241 Å². The van der Waals surface area contributed by atoms with Crippen molar-refractivity contribution in [3.63, 3.8) is 0 Å². The van der Waals surface area contributed by atoms with Gasteiger partial charge in [-0.05, 0) is 64.8 Å². The SMILES string of the molecule is CCNC(=O)Nc1ncnc2c1ncn2C1OC(CNCC(=O)OCC)C2O[C@H](/C=C/c3ccccc3)OC21.CCNC(=O)Nc1ncnc2c1ncn2C1OC(CNCC(=O)OCC)C2O[C@H](c3ccccc3)OC21.CCNC(=O)Nc1ncnc2c1ncn2C1OC(COCC(=O)OCC)C2O[C@H](/C=C/c3ccccc3)OC21. The average molecular weight is 1590 g/mol. The number of urea groups is 3. The topological polar surface area (TPSA) is 449 Å². The molecule has 0 spiro atoms. The van der Waals surface area contributed by atoms with Gasteiger partial charge in [-0.15, -0.1) is 0 Å². The third-order valence-corrected chi connectivity index (χ3v) is 18.4. The Labute approximate surface area is 658 Å². The summed E-state index contributed by atoms with van der Waals surface area (Å²) in [7, 11) is 0. The second kappa shape index (κ2) is 39.5. The maximum Gasteiger partial charge on any atom is 0.332 e. The van der Waals surface area contributed by atoms with E-state index >= 15 is 0 Å². The van der Waals surface area contributed by atoms with Crippen molar-refractivity contribution in [2.75, 3.05) is 94.8 Å². The molecule has 3 aromatic carbocycles. The van der Waals surface area contributed by atoms with Crippen LogP contribution in [0.1, 0.15) is 83.2 Å². The highest BCUT2D eigenvalue weighted by atomic mass is 16.8. The fourth-order valence-electron chi connectivity index (χ4n) is 13.5. The molecule has 39 nitrogen and oxygen atoms in total. The van der Waals surface area contributed by atoms with Crippen LogP contribution in [0, 0.1) is 0 Å². The summed E-state index contributed by atoms with van der Waals surface area (Å²) in [6, 6.07) is 28.1. The van der Waals surface area contributed by atoms with Crippen LogP contribution in [0.2, 0.25) is 0 Å². The third kappa shape index (κ3) is 20.0. The van der Waals surface area contributed by atoms with Gasteiger partial charge in [0.2, 0.25) is 0 Å². The molecule has 39 heteroatoms. The van der Waals surface area contributed by atoms with Crippen LogP contribution in [0.25, 0.3) is 45.6 Å². The summed E-state index contributed by atoms with van der Waals surface area (Å²) >= 11 is 0. The molecule has 0 bridgehead atoms. The maximum absolute atomic E-state index is 12.1. The van der Waals surface area contributed by atoms with Gasteiger partial charge in [-0.3, -0.25) is 39.2 Å². The molecule has 6 aliphatic heterocycles. The van der Waals surface area contributed by atoms with Gasteiger partial charge in [-0.2, -0.15) is 0 Å². The van der Waals surface area contributed by atoms with E-state index in [0.29, 0.717) is 79.4 Å². The van der Waals surface area contributed by atoms with Crippen LogP contribution in [0.5, 0.6) is 0 Å². The minimum absolute atomic E-state index is 0.0457. The van der Waals surface area contributed by atoms with Gasteiger partial charge in [-0.1, -0.05) is 103 Å². The van der Waals surface area contributed by atoms with E-state index in [1.54, 1.807) is 53.5 Å². The Morgan fingerprint density at radius 1 is 0.409 bits per heavy atom. The van der Waals surface area contributed by atoms with Crippen molar-refractivity contribution in [1.82, 2.24) is 85.1 Å². The van der Waals surface area contributed by atoms with Crippen molar-refractivity contribution in [3.05, 3.63) is 158 Å². The number of imidazole rings is 3. The Hall–Kier alpha value is -11.5. The number of hydrogen-bond donors (Lipinski definition) is 8. The average Bonchev–Trinajstić information content (AvgIpc) is 1.63. The number of amides is 6. The molecule has 115 heavy (non-hydrogen) atoms. The van der Waals surface area contributed by atoms with Gasteiger partial charge >= 0.3 is 36.0 Å². The van der Waals surface area contributed by atoms with E-state index in [0.717, 1.165) is 16.7 Å². The third-order valence-electron chi connectivity index (χ3n) is 18.4.